The maximum absolute atomic E-state index is 13.8. The Kier molecular flexibility index (Phi) is 5.89. The zero-order valence-electron chi connectivity index (χ0n) is 16.4. The van der Waals surface area contributed by atoms with Crippen LogP contribution in [0.4, 0.5) is 16.0 Å². The van der Waals surface area contributed by atoms with E-state index in [9.17, 15) is 9.50 Å². The number of methoxy groups -OCH3 is 1. The zero-order chi connectivity index (χ0) is 20.3. The Bertz CT molecular complexity index is 953. The molecule has 28 heavy (non-hydrogen) atoms. The van der Waals surface area contributed by atoms with Gasteiger partial charge in [-0.05, 0) is 38.5 Å². The molecule has 0 spiro atoms. The largest absolute Gasteiger partial charge is 0.497 e. The molecule has 0 aliphatic heterocycles. The number of aryl methyl sites for hydroxylation is 2. The molecule has 0 saturated heterocycles. The van der Waals surface area contributed by atoms with Crippen molar-refractivity contribution >= 4 is 11.6 Å². The lowest BCUT2D eigenvalue weighted by atomic mass is 10.2. The van der Waals surface area contributed by atoms with Crippen LogP contribution in [0.15, 0.2) is 30.3 Å². The van der Waals surface area contributed by atoms with E-state index in [-0.39, 0.29) is 0 Å². The van der Waals surface area contributed by atoms with Crippen molar-refractivity contribution in [1.82, 2.24) is 19.7 Å². The molecule has 0 fully saturated rings. The van der Waals surface area contributed by atoms with Crippen LogP contribution in [-0.4, -0.2) is 38.1 Å². The summed E-state index contributed by atoms with van der Waals surface area (Å²) < 4.78 is 20.5. The number of ether oxygens (including phenoxy) is 1. The van der Waals surface area contributed by atoms with Crippen LogP contribution >= 0.6 is 0 Å². The molecular formula is C20H24FN5O2. The van der Waals surface area contributed by atoms with Gasteiger partial charge >= 0.3 is 0 Å². The lowest BCUT2D eigenvalue weighted by Crippen LogP contribution is -2.14. The molecule has 2 N–H and O–H groups in total. The molecule has 3 rings (SSSR count). The SMILES string of the molecule is CC[C@H](O)Cc1nc(Nc2cc(F)cc(OC)c2)nn1-c1cc(C)nc(C)c1. The molecule has 0 amide bonds. The monoisotopic (exact) mass is 385 g/mol. The van der Waals surface area contributed by atoms with Gasteiger partial charge in [0.15, 0.2) is 0 Å². The molecule has 1 atom stereocenters. The highest BCUT2D eigenvalue weighted by molar-refractivity contribution is 5.56. The average Bonchev–Trinajstić information content (AvgIpc) is 3.02. The normalized spacial score (nSPS) is 12.1. The van der Waals surface area contributed by atoms with Gasteiger partial charge in [0.05, 0.1) is 18.9 Å². The second kappa shape index (κ2) is 8.35. The van der Waals surface area contributed by atoms with Gasteiger partial charge in [-0.2, -0.15) is 4.98 Å². The first-order chi connectivity index (χ1) is 13.4. The van der Waals surface area contributed by atoms with E-state index in [1.54, 1.807) is 10.7 Å². The van der Waals surface area contributed by atoms with Crippen molar-refractivity contribution in [3.63, 3.8) is 0 Å². The van der Waals surface area contributed by atoms with Gasteiger partial charge in [0.25, 0.3) is 0 Å². The fourth-order valence-corrected chi connectivity index (χ4v) is 2.91. The predicted molar refractivity (Wildman–Crippen MR) is 105 cm³/mol. The van der Waals surface area contributed by atoms with E-state index in [2.05, 4.69) is 20.4 Å². The second-order valence-electron chi connectivity index (χ2n) is 6.64. The lowest BCUT2D eigenvalue weighted by Gasteiger charge is -2.10. The van der Waals surface area contributed by atoms with Crippen LogP contribution in [0.3, 0.4) is 0 Å². The van der Waals surface area contributed by atoms with Gasteiger partial charge in [-0.3, -0.25) is 4.98 Å². The Morgan fingerprint density at radius 3 is 2.50 bits per heavy atom. The van der Waals surface area contributed by atoms with Gasteiger partial charge in [0.1, 0.15) is 17.4 Å². The molecule has 7 nitrogen and oxygen atoms in total. The van der Waals surface area contributed by atoms with Gasteiger partial charge in [-0.15, -0.1) is 5.10 Å². The number of nitrogens with one attached hydrogen (secondary N) is 1. The van der Waals surface area contributed by atoms with E-state index in [1.165, 1.54) is 19.2 Å². The van der Waals surface area contributed by atoms with Crippen molar-refractivity contribution in [3.05, 3.63) is 53.4 Å². The van der Waals surface area contributed by atoms with E-state index in [4.69, 9.17) is 4.74 Å². The molecule has 8 heteroatoms. The van der Waals surface area contributed by atoms with Crippen LogP contribution < -0.4 is 10.1 Å². The maximum atomic E-state index is 13.8. The van der Waals surface area contributed by atoms with E-state index in [0.29, 0.717) is 36.1 Å². The summed E-state index contributed by atoms with van der Waals surface area (Å²) in [6.07, 6.45) is 0.414. The summed E-state index contributed by atoms with van der Waals surface area (Å²) in [6, 6.07) is 8.09. The average molecular weight is 385 g/mol. The molecule has 2 heterocycles. The molecule has 0 saturated carbocycles. The smallest absolute Gasteiger partial charge is 0.247 e. The minimum absolute atomic E-state index is 0.304. The number of pyridine rings is 1. The number of aliphatic hydroxyl groups is 1. The van der Waals surface area contributed by atoms with E-state index in [1.807, 2.05) is 32.9 Å². The Morgan fingerprint density at radius 1 is 1.14 bits per heavy atom. The topological polar surface area (TPSA) is 85.1 Å². The van der Waals surface area contributed by atoms with Crippen molar-refractivity contribution < 1.29 is 14.2 Å². The molecule has 0 bridgehead atoms. The summed E-state index contributed by atoms with van der Waals surface area (Å²) in [4.78, 5) is 8.90. The van der Waals surface area contributed by atoms with Gasteiger partial charge in [0.2, 0.25) is 5.95 Å². The van der Waals surface area contributed by atoms with Crippen LogP contribution in [0, 0.1) is 19.7 Å². The van der Waals surface area contributed by atoms with E-state index < -0.39 is 11.9 Å². The lowest BCUT2D eigenvalue weighted by molar-refractivity contribution is 0.167. The molecule has 0 aliphatic rings. The van der Waals surface area contributed by atoms with Crippen molar-refractivity contribution in [1.29, 1.82) is 0 Å². The molecule has 1 aromatic carbocycles. The molecule has 3 aromatic rings. The molecule has 148 valence electrons. The highest BCUT2D eigenvalue weighted by Crippen LogP contribution is 2.23. The summed E-state index contributed by atoms with van der Waals surface area (Å²) in [5.41, 5.74) is 2.99. The van der Waals surface area contributed by atoms with Crippen LogP contribution in [0.2, 0.25) is 0 Å². The Balaban J connectivity index is 2.00. The third kappa shape index (κ3) is 4.64. The number of rotatable bonds is 7. The number of aliphatic hydroxyl groups excluding tert-OH is 1. The van der Waals surface area contributed by atoms with E-state index in [0.717, 1.165) is 17.1 Å². The van der Waals surface area contributed by atoms with Crippen molar-refractivity contribution in [2.45, 2.75) is 39.7 Å². The predicted octanol–water partition coefficient (Wildman–Crippen LogP) is 3.48. The third-order valence-electron chi connectivity index (χ3n) is 4.24. The van der Waals surface area contributed by atoms with E-state index >= 15 is 0 Å². The Morgan fingerprint density at radius 2 is 1.86 bits per heavy atom. The van der Waals surface area contributed by atoms with Gasteiger partial charge in [0, 0.05) is 35.6 Å². The number of benzene rings is 1. The number of aromatic nitrogens is 4. The van der Waals surface area contributed by atoms with Crippen molar-refractivity contribution in [2.75, 3.05) is 12.4 Å². The highest BCUT2D eigenvalue weighted by Gasteiger charge is 2.16. The summed E-state index contributed by atoms with van der Waals surface area (Å²) in [6.45, 7) is 5.72. The molecule has 0 aliphatic carbocycles. The molecular weight excluding hydrogens is 361 g/mol. The van der Waals surface area contributed by atoms with Gasteiger partial charge in [-0.25, -0.2) is 9.07 Å². The van der Waals surface area contributed by atoms with Crippen LogP contribution in [0.25, 0.3) is 5.69 Å². The zero-order valence-corrected chi connectivity index (χ0v) is 16.4. The quantitative estimate of drug-likeness (QED) is 0.648. The summed E-state index contributed by atoms with van der Waals surface area (Å²) in [5, 5.41) is 17.6. The van der Waals surface area contributed by atoms with Crippen molar-refractivity contribution in [3.8, 4) is 11.4 Å². The number of anilines is 2. The van der Waals surface area contributed by atoms with Gasteiger partial charge in [-0.1, -0.05) is 6.92 Å². The van der Waals surface area contributed by atoms with Crippen LogP contribution in [0.5, 0.6) is 5.75 Å². The van der Waals surface area contributed by atoms with Crippen LogP contribution in [-0.2, 0) is 6.42 Å². The first-order valence-electron chi connectivity index (χ1n) is 9.09. The molecule has 0 radical (unpaired) electrons. The first-order valence-corrected chi connectivity index (χ1v) is 9.09. The van der Waals surface area contributed by atoms with Crippen LogP contribution in [0.1, 0.15) is 30.6 Å². The number of nitrogens with zero attached hydrogens (tertiary/aromatic N) is 4. The fraction of sp³-hybridized carbons (Fsp3) is 0.350. The number of halogens is 1. The standard InChI is InChI=1S/C20H24FN5O2/c1-5-17(27)11-19-24-20(23-15-8-14(21)9-18(10-15)28-4)25-26(19)16-6-12(2)22-13(3)7-16/h6-10,17,27H,5,11H2,1-4H3,(H,23,25)/t17-/m0/s1. The second-order valence-corrected chi connectivity index (χ2v) is 6.64. The third-order valence-corrected chi connectivity index (χ3v) is 4.24. The first kappa shape index (κ1) is 19.8. The highest BCUT2D eigenvalue weighted by atomic mass is 19.1. The van der Waals surface area contributed by atoms with Crippen molar-refractivity contribution in [2.24, 2.45) is 0 Å². The summed E-state index contributed by atoms with van der Waals surface area (Å²) in [7, 11) is 1.48. The fourth-order valence-electron chi connectivity index (χ4n) is 2.91. The molecule has 0 unspecified atom stereocenters. The summed E-state index contributed by atoms with van der Waals surface area (Å²) >= 11 is 0. The number of hydrogen-bond acceptors (Lipinski definition) is 6. The summed E-state index contributed by atoms with van der Waals surface area (Å²) in [5.74, 6) is 0.871. The minimum atomic E-state index is -0.533. The minimum Gasteiger partial charge on any atom is -0.497 e. The van der Waals surface area contributed by atoms with Gasteiger partial charge < -0.3 is 15.2 Å². The Labute approximate surface area is 163 Å². The maximum Gasteiger partial charge on any atom is 0.247 e. The number of hydrogen-bond donors (Lipinski definition) is 2. The Hall–Kier alpha value is -3.00. The molecule has 2 aromatic heterocycles.